The number of aryl methyl sites for hydroxylation is 1. The highest BCUT2D eigenvalue weighted by Gasteiger charge is 2.31. The molecule has 0 radical (unpaired) electrons. The Morgan fingerprint density at radius 3 is 2.36 bits per heavy atom. The van der Waals surface area contributed by atoms with E-state index >= 15 is 0 Å². The monoisotopic (exact) mass is 436 g/mol. The van der Waals surface area contributed by atoms with Gasteiger partial charge < -0.3 is 5.32 Å². The zero-order valence-electron chi connectivity index (χ0n) is 18.3. The number of carbonyl (C=O) groups excluding carboxylic acids is 1. The van der Waals surface area contributed by atoms with E-state index < -0.39 is 0 Å². The molecule has 1 atom stereocenters. The van der Waals surface area contributed by atoms with Gasteiger partial charge in [0.25, 0.3) is 5.95 Å². The van der Waals surface area contributed by atoms with Gasteiger partial charge in [-0.3, -0.25) is 9.69 Å². The molecule has 1 N–H and O–H groups in total. The average Bonchev–Trinajstić information content (AvgIpc) is 3.35. The van der Waals surface area contributed by atoms with Crippen molar-refractivity contribution >= 4 is 17.6 Å². The molecule has 2 heterocycles. The number of aromatic nitrogens is 4. The van der Waals surface area contributed by atoms with E-state index in [2.05, 4.69) is 58.1 Å². The lowest BCUT2D eigenvalue weighted by molar-refractivity contribution is -0.119. The summed E-state index contributed by atoms with van der Waals surface area (Å²) in [5.74, 6) is 0.431. The highest BCUT2D eigenvalue weighted by molar-refractivity contribution is 5.89. The van der Waals surface area contributed by atoms with Gasteiger partial charge in [0.1, 0.15) is 12.6 Å². The molecular formula is C26H24N6O. The van der Waals surface area contributed by atoms with E-state index in [0.29, 0.717) is 12.5 Å². The Morgan fingerprint density at radius 2 is 1.64 bits per heavy atom. The number of carbonyl (C=O) groups is 1. The van der Waals surface area contributed by atoms with Gasteiger partial charge in [-0.2, -0.15) is 4.68 Å². The van der Waals surface area contributed by atoms with Crippen molar-refractivity contribution < 1.29 is 4.79 Å². The van der Waals surface area contributed by atoms with Crippen LogP contribution in [0.25, 0.3) is 5.70 Å². The lowest BCUT2D eigenvalue weighted by Crippen LogP contribution is -2.39. The van der Waals surface area contributed by atoms with E-state index in [1.165, 1.54) is 5.56 Å². The maximum atomic E-state index is 12.9. The first kappa shape index (κ1) is 20.6. The van der Waals surface area contributed by atoms with Crippen molar-refractivity contribution in [2.45, 2.75) is 19.5 Å². The van der Waals surface area contributed by atoms with E-state index in [1.807, 2.05) is 65.6 Å². The molecular weight excluding hydrogens is 412 g/mol. The minimum Gasteiger partial charge on any atom is -0.350 e. The van der Waals surface area contributed by atoms with E-state index in [4.69, 9.17) is 0 Å². The minimum atomic E-state index is -0.172. The van der Waals surface area contributed by atoms with E-state index in [9.17, 15) is 4.79 Å². The summed E-state index contributed by atoms with van der Waals surface area (Å²) in [5, 5.41) is 15.5. The van der Waals surface area contributed by atoms with Gasteiger partial charge in [0.15, 0.2) is 0 Å². The van der Waals surface area contributed by atoms with Gasteiger partial charge in [-0.1, -0.05) is 95.6 Å². The summed E-state index contributed by atoms with van der Waals surface area (Å²) in [6.07, 6.45) is 2.12. The van der Waals surface area contributed by atoms with Crippen LogP contribution in [0.1, 0.15) is 28.3 Å². The molecule has 1 amide bonds. The van der Waals surface area contributed by atoms with E-state index in [-0.39, 0.29) is 18.5 Å². The third kappa shape index (κ3) is 4.39. The number of amides is 1. The minimum absolute atomic E-state index is 0.106. The molecule has 1 aliphatic heterocycles. The molecule has 0 saturated carbocycles. The molecule has 7 nitrogen and oxygen atoms in total. The van der Waals surface area contributed by atoms with Crippen molar-refractivity contribution in [3.63, 3.8) is 0 Å². The second-order valence-electron chi connectivity index (χ2n) is 8.05. The van der Waals surface area contributed by atoms with Gasteiger partial charge in [0.2, 0.25) is 5.91 Å². The molecule has 1 unspecified atom stereocenters. The molecule has 3 aromatic carbocycles. The van der Waals surface area contributed by atoms with Crippen LogP contribution in [-0.2, 0) is 11.3 Å². The first-order valence-corrected chi connectivity index (χ1v) is 10.9. The summed E-state index contributed by atoms with van der Waals surface area (Å²) >= 11 is 0. The molecule has 5 rings (SSSR count). The number of nitrogens with zero attached hydrogens (tertiary/aromatic N) is 5. The summed E-state index contributed by atoms with van der Waals surface area (Å²) in [5.41, 5.74) is 5.22. The number of hydrogen-bond donors (Lipinski definition) is 1. The van der Waals surface area contributed by atoms with Gasteiger partial charge in [0, 0.05) is 6.54 Å². The lowest BCUT2D eigenvalue weighted by atomic mass is 10.00. The third-order valence-electron chi connectivity index (χ3n) is 5.71. The first-order valence-electron chi connectivity index (χ1n) is 10.9. The van der Waals surface area contributed by atoms with Crippen LogP contribution in [0.5, 0.6) is 0 Å². The predicted molar refractivity (Wildman–Crippen MR) is 127 cm³/mol. The van der Waals surface area contributed by atoms with Crippen LogP contribution in [0.2, 0.25) is 0 Å². The van der Waals surface area contributed by atoms with Crippen molar-refractivity contribution in [3.05, 3.63) is 113 Å². The lowest BCUT2D eigenvalue weighted by Gasteiger charge is -2.32. The molecule has 1 aliphatic rings. The van der Waals surface area contributed by atoms with Gasteiger partial charge in [-0.05, 0) is 40.1 Å². The second-order valence-corrected chi connectivity index (χ2v) is 8.05. The summed E-state index contributed by atoms with van der Waals surface area (Å²) in [4.78, 5) is 14.8. The quantitative estimate of drug-likeness (QED) is 0.498. The Hall–Kier alpha value is -4.26. The number of hydrogen-bond acceptors (Lipinski definition) is 5. The SMILES string of the molecule is Cc1ccc(C2C=C(c3ccccc3)N(CC(=O)NCc3ccccc3)c3nnnn32)cc1. The number of allylic oxidation sites excluding steroid dienone is 1. The Bertz CT molecular complexity index is 1270. The fourth-order valence-electron chi connectivity index (χ4n) is 3.98. The fourth-order valence-corrected chi connectivity index (χ4v) is 3.98. The predicted octanol–water partition coefficient (Wildman–Crippen LogP) is 3.75. The van der Waals surface area contributed by atoms with Gasteiger partial charge in [-0.15, -0.1) is 0 Å². The zero-order chi connectivity index (χ0) is 22.6. The number of fused-ring (bicyclic) bond motifs is 1. The van der Waals surface area contributed by atoms with Crippen molar-refractivity contribution in [1.29, 1.82) is 0 Å². The Balaban J connectivity index is 1.47. The number of anilines is 1. The fraction of sp³-hybridized carbons (Fsp3) is 0.154. The average molecular weight is 437 g/mol. The van der Waals surface area contributed by atoms with Crippen molar-refractivity contribution in [1.82, 2.24) is 25.5 Å². The second kappa shape index (κ2) is 9.08. The maximum absolute atomic E-state index is 12.9. The van der Waals surface area contributed by atoms with Crippen molar-refractivity contribution in [3.8, 4) is 0 Å². The molecule has 4 aromatic rings. The van der Waals surface area contributed by atoms with Crippen molar-refractivity contribution in [2.75, 3.05) is 11.4 Å². The molecule has 1 aromatic heterocycles. The molecule has 0 aliphatic carbocycles. The Kier molecular flexibility index (Phi) is 5.68. The van der Waals surface area contributed by atoms with Gasteiger partial charge in [-0.25, -0.2) is 0 Å². The van der Waals surface area contributed by atoms with Crippen molar-refractivity contribution in [2.24, 2.45) is 0 Å². The first-order chi connectivity index (χ1) is 16.2. The zero-order valence-corrected chi connectivity index (χ0v) is 18.3. The van der Waals surface area contributed by atoms with E-state index in [1.54, 1.807) is 4.68 Å². The topological polar surface area (TPSA) is 75.9 Å². The standard InChI is InChI=1S/C26H24N6O/c1-19-12-14-22(15-13-19)24-16-23(21-10-6-3-7-11-21)31(26-28-29-30-32(24)26)18-25(33)27-17-20-8-4-2-5-9-20/h2-16,24H,17-18H2,1H3,(H,27,33). The van der Waals surface area contributed by atoms with Gasteiger partial charge in [0.05, 0.1) is 5.70 Å². The van der Waals surface area contributed by atoms with Crippen LogP contribution in [0.3, 0.4) is 0 Å². The normalized spacial score (nSPS) is 15.0. The Labute approximate surface area is 192 Å². The summed E-state index contributed by atoms with van der Waals surface area (Å²) in [6.45, 7) is 2.64. The van der Waals surface area contributed by atoms with Crippen LogP contribution in [0, 0.1) is 6.92 Å². The van der Waals surface area contributed by atoms with E-state index in [0.717, 1.165) is 22.4 Å². The third-order valence-corrected chi connectivity index (χ3v) is 5.71. The molecule has 33 heavy (non-hydrogen) atoms. The smallest absolute Gasteiger partial charge is 0.251 e. The number of nitrogens with one attached hydrogen (secondary N) is 1. The molecule has 0 saturated heterocycles. The van der Waals surface area contributed by atoms with Crippen LogP contribution < -0.4 is 10.2 Å². The maximum Gasteiger partial charge on any atom is 0.251 e. The van der Waals surface area contributed by atoms with Gasteiger partial charge >= 0.3 is 0 Å². The number of benzene rings is 3. The highest BCUT2D eigenvalue weighted by atomic mass is 16.2. The van der Waals surface area contributed by atoms with Crippen LogP contribution in [0.15, 0.2) is 91.0 Å². The largest absolute Gasteiger partial charge is 0.350 e. The summed E-state index contributed by atoms with van der Waals surface area (Å²) in [6, 6.07) is 28.1. The van der Waals surface area contributed by atoms with Crippen LogP contribution in [-0.4, -0.2) is 32.7 Å². The molecule has 0 spiro atoms. The summed E-state index contributed by atoms with van der Waals surface area (Å²) in [7, 11) is 0. The Morgan fingerprint density at radius 1 is 0.939 bits per heavy atom. The number of rotatable bonds is 6. The number of tetrazole rings is 1. The summed E-state index contributed by atoms with van der Waals surface area (Å²) < 4.78 is 1.77. The highest BCUT2D eigenvalue weighted by Crippen LogP contribution is 2.36. The molecule has 0 bridgehead atoms. The van der Waals surface area contributed by atoms with Crippen LogP contribution in [0.4, 0.5) is 5.95 Å². The molecule has 164 valence electrons. The molecule has 7 heteroatoms. The molecule has 0 fully saturated rings. The van der Waals surface area contributed by atoms with Crippen LogP contribution >= 0.6 is 0 Å².